The zero-order valence-electron chi connectivity index (χ0n) is 13.9. The molecular weight excluding hydrogens is 346 g/mol. The van der Waals surface area contributed by atoms with Gasteiger partial charge in [-0.05, 0) is 50.9 Å². The van der Waals surface area contributed by atoms with Gasteiger partial charge in [-0.15, -0.1) is 0 Å². The molecule has 1 atom stereocenters. The number of rotatable bonds is 7. The Morgan fingerprint density at radius 2 is 2.08 bits per heavy atom. The number of nitrogens with one attached hydrogen (secondary N) is 2. The Kier molecular flexibility index (Phi) is 5.45. The van der Waals surface area contributed by atoms with Gasteiger partial charge >= 0.3 is 5.97 Å². The van der Waals surface area contributed by atoms with Crippen LogP contribution in [0.1, 0.15) is 30.1 Å². The second-order valence-electron chi connectivity index (χ2n) is 5.95. The van der Waals surface area contributed by atoms with E-state index in [1.807, 2.05) is 0 Å². The van der Waals surface area contributed by atoms with E-state index in [9.17, 15) is 23.3 Å². The summed E-state index contributed by atoms with van der Waals surface area (Å²) >= 11 is 0. The van der Waals surface area contributed by atoms with Crippen LogP contribution in [0.5, 0.6) is 0 Å². The number of ether oxygens (including phenoxy) is 1. The fourth-order valence-corrected chi connectivity index (χ4v) is 3.11. The highest BCUT2D eigenvalue weighted by Crippen LogP contribution is 2.39. The van der Waals surface area contributed by atoms with E-state index in [2.05, 4.69) is 16.1 Å². The Morgan fingerprint density at radius 1 is 1.40 bits per heavy atom. The highest BCUT2D eigenvalue weighted by atomic mass is 32.2. The van der Waals surface area contributed by atoms with E-state index in [1.165, 1.54) is 25.2 Å². The zero-order valence-corrected chi connectivity index (χ0v) is 14.7. The van der Waals surface area contributed by atoms with Gasteiger partial charge in [0.05, 0.1) is 16.5 Å². The van der Waals surface area contributed by atoms with Crippen LogP contribution >= 0.6 is 0 Å². The molecule has 1 aromatic carbocycles. The van der Waals surface area contributed by atoms with Crippen molar-refractivity contribution in [3.05, 3.63) is 29.8 Å². The summed E-state index contributed by atoms with van der Waals surface area (Å²) in [6.07, 6.45) is 1.74. The average molecular weight is 365 g/mol. The van der Waals surface area contributed by atoms with Crippen molar-refractivity contribution < 1.29 is 22.7 Å². The van der Waals surface area contributed by atoms with Gasteiger partial charge in [0.25, 0.3) is 5.91 Å². The van der Waals surface area contributed by atoms with E-state index in [1.54, 1.807) is 6.92 Å². The van der Waals surface area contributed by atoms with Gasteiger partial charge in [-0.1, -0.05) is 6.07 Å². The van der Waals surface area contributed by atoms with E-state index in [0.717, 1.165) is 18.9 Å². The van der Waals surface area contributed by atoms with Crippen LogP contribution in [0.2, 0.25) is 0 Å². The molecule has 1 aliphatic rings. The van der Waals surface area contributed by atoms with Crippen molar-refractivity contribution in [2.24, 2.45) is 5.92 Å². The van der Waals surface area contributed by atoms with Crippen LogP contribution in [0.25, 0.3) is 0 Å². The van der Waals surface area contributed by atoms with Crippen LogP contribution in [0, 0.1) is 17.2 Å². The predicted octanol–water partition coefficient (Wildman–Crippen LogP) is 0.560. The Hall–Kier alpha value is -2.44. The number of amides is 1. The molecule has 25 heavy (non-hydrogen) atoms. The van der Waals surface area contributed by atoms with Crippen LogP contribution in [0.3, 0.4) is 0 Å². The first-order chi connectivity index (χ1) is 11.7. The Balaban J connectivity index is 1.98. The summed E-state index contributed by atoms with van der Waals surface area (Å²) in [5.41, 5.74) is -0.959. The smallest absolute Gasteiger partial charge is 0.338 e. The number of hydrogen-bond acceptors (Lipinski definition) is 6. The summed E-state index contributed by atoms with van der Waals surface area (Å²) in [6.45, 7) is 1.09. The van der Waals surface area contributed by atoms with Gasteiger partial charge in [0, 0.05) is 0 Å². The van der Waals surface area contributed by atoms with Crippen molar-refractivity contribution in [1.29, 1.82) is 5.26 Å². The highest BCUT2D eigenvalue weighted by Gasteiger charge is 2.43. The normalized spacial score (nSPS) is 16.4. The Morgan fingerprint density at radius 3 is 2.64 bits per heavy atom. The molecule has 0 bridgehead atoms. The van der Waals surface area contributed by atoms with E-state index in [-0.39, 0.29) is 16.4 Å². The molecule has 0 heterocycles. The molecule has 1 fully saturated rings. The quantitative estimate of drug-likeness (QED) is 0.680. The summed E-state index contributed by atoms with van der Waals surface area (Å²) in [4.78, 5) is 23.8. The number of carbonyl (C=O) groups is 2. The molecule has 134 valence electrons. The van der Waals surface area contributed by atoms with Gasteiger partial charge in [0.1, 0.15) is 5.54 Å². The molecule has 9 heteroatoms. The molecular formula is C16H19N3O5S. The molecule has 0 radical (unpaired) electrons. The van der Waals surface area contributed by atoms with Gasteiger partial charge < -0.3 is 10.1 Å². The van der Waals surface area contributed by atoms with Crippen molar-refractivity contribution in [3.63, 3.8) is 0 Å². The lowest BCUT2D eigenvalue weighted by atomic mass is 9.98. The summed E-state index contributed by atoms with van der Waals surface area (Å²) in [5.74, 6) is -1.29. The number of esters is 1. The molecule has 1 amide bonds. The lowest BCUT2D eigenvalue weighted by Gasteiger charge is -2.22. The molecule has 2 N–H and O–H groups in total. The molecule has 0 aromatic heterocycles. The standard InChI is InChI=1S/C16H19N3O5S/c1-16(10-17,12-6-7-12)19-14(20)9-24-15(21)11-4-3-5-13(8-11)25(22,23)18-2/h3-5,8,12,18H,6-7,9H2,1-2H3,(H,19,20)/t16-/m1/s1. The second kappa shape index (κ2) is 7.21. The van der Waals surface area contributed by atoms with E-state index in [0.29, 0.717) is 0 Å². The Labute approximate surface area is 146 Å². The molecule has 1 aromatic rings. The van der Waals surface area contributed by atoms with Crippen LogP contribution in [0.15, 0.2) is 29.2 Å². The largest absolute Gasteiger partial charge is 0.452 e. The lowest BCUT2D eigenvalue weighted by Crippen LogP contribution is -2.48. The highest BCUT2D eigenvalue weighted by molar-refractivity contribution is 7.89. The number of sulfonamides is 1. The molecule has 1 saturated carbocycles. The summed E-state index contributed by atoms with van der Waals surface area (Å²) in [6, 6.07) is 7.36. The molecule has 2 rings (SSSR count). The first-order valence-corrected chi connectivity index (χ1v) is 9.13. The first kappa shape index (κ1) is 18.9. The minimum absolute atomic E-state index is 0.00867. The Bertz CT molecular complexity index is 826. The van der Waals surface area contributed by atoms with Crippen molar-refractivity contribution >= 4 is 21.9 Å². The maximum absolute atomic E-state index is 12.0. The second-order valence-corrected chi connectivity index (χ2v) is 7.83. The van der Waals surface area contributed by atoms with E-state index >= 15 is 0 Å². The summed E-state index contributed by atoms with van der Waals surface area (Å²) in [7, 11) is -2.43. The fourth-order valence-electron chi connectivity index (χ4n) is 2.33. The minimum Gasteiger partial charge on any atom is -0.452 e. The number of carbonyl (C=O) groups excluding carboxylic acids is 2. The van der Waals surface area contributed by atoms with Crippen LogP contribution < -0.4 is 10.0 Å². The van der Waals surface area contributed by atoms with Crippen LogP contribution in [0.4, 0.5) is 0 Å². The van der Waals surface area contributed by atoms with Crippen molar-refractivity contribution in [2.45, 2.75) is 30.2 Å². The predicted molar refractivity (Wildman–Crippen MR) is 87.9 cm³/mol. The minimum atomic E-state index is -3.69. The lowest BCUT2D eigenvalue weighted by molar-refractivity contribution is -0.125. The summed E-state index contributed by atoms with van der Waals surface area (Å²) < 4.78 is 30.5. The topological polar surface area (TPSA) is 125 Å². The van der Waals surface area contributed by atoms with Gasteiger partial charge in [-0.2, -0.15) is 5.26 Å². The molecule has 0 saturated heterocycles. The zero-order chi connectivity index (χ0) is 18.7. The molecule has 0 spiro atoms. The SMILES string of the molecule is CNS(=O)(=O)c1cccc(C(=O)OCC(=O)N[C@](C)(C#N)C2CC2)c1. The average Bonchev–Trinajstić information content (AvgIpc) is 3.45. The van der Waals surface area contributed by atoms with Gasteiger partial charge in [-0.25, -0.2) is 17.9 Å². The maximum atomic E-state index is 12.0. The van der Waals surface area contributed by atoms with Gasteiger partial charge in [-0.3, -0.25) is 4.79 Å². The van der Waals surface area contributed by atoms with Crippen molar-refractivity contribution in [2.75, 3.05) is 13.7 Å². The third kappa shape index (κ3) is 4.55. The fraction of sp³-hybridized carbons (Fsp3) is 0.438. The van der Waals surface area contributed by atoms with Crippen LogP contribution in [-0.2, 0) is 19.6 Å². The third-order valence-electron chi connectivity index (χ3n) is 4.01. The van der Waals surface area contributed by atoms with Crippen molar-refractivity contribution in [1.82, 2.24) is 10.0 Å². The molecule has 0 unspecified atom stereocenters. The number of nitriles is 1. The van der Waals surface area contributed by atoms with Crippen molar-refractivity contribution in [3.8, 4) is 6.07 Å². The molecule has 1 aliphatic carbocycles. The molecule has 8 nitrogen and oxygen atoms in total. The van der Waals surface area contributed by atoms with E-state index < -0.39 is 34.0 Å². The first-order valence-electron chi connectivity index (χ1n) is 7.65. The number of hydrogen-bond donors (Lipinski definition) is 2. The number of nitrogens with zero attached hydrogens (tertiary/aromatic N) is 1. The number of benzene rings is 1. The molecule has 0 aliphatic heterocycles. The summed E-state index contributed by atoms with van der Waals surface area (Å²) in [5, 5.41) is 11.8. The maximum Gasteiger partial charge on any atom is 0.338 e. The van der Waals surface area contributed by atoms with Crippen LogP contribution in [-0.4, -0.2) is 39.5 Å². The van der Waals surface area contributed by atoms with E-state index in [4.69, 9.17) is 4.74 Å². The third-order valence-corrected chi connectivity index (χ3v) is 5.42. The van der Waals surface area contributed by atoms with Gasteiger partial charge in [0.15, 0.2) is 6.61 Å². The monoisotopic (exact) mass is 365 g/mol. The van der Waals surface area contributed by atoms with Gasteiger partial charge in [0.2, 0.25) is 10.0 Å².